The first-order valence-electron chi connectivity index (χ1n) is 7.70. The van der Waals surface area contributed by atoms with E-state index >= 15 is 0 Å². The molecule has 1 aromatic heterocycles. The summed E-state index contributed by atoms with van der Waals surface area (Å²) in [5.41, 5.74) is 1.84. The molecule has 0 spiro atoms. The molecule has 2 aromatic rings. The highest BCUT2D eigenvalue weighted by atomic mass is 35.5. The van der Waals surface area contributed by atoms with E-state index in [4.69, 9.17) is 21.5 Å². The Labute approximate surface area is 150 Å². The number of carboxylic acid groups (broad SMARTS) is 1. The molecule has 4 rings (SSSR count). The minimum atomic E-state index is -5.08. The molecule has 2 heterocycles. The number of nitrogens with one attached hydrogen (secondary N) is 1. The maximum absolute atomic E-state index is 13.0. The number of benzene rings is 1. The zero-order valence-electron chi connectivity index (χ0n) is 13.2. The molecule has 1 aliphatic heterocycles. The van der Waals surface area contributed by atoms with Gasteiger partial charge in [0.2, 0.25) is 0 Å². The lowest BCUT2D eigenvalue weighted by atomic mass is 10.2. The second-order valence-electron chi connectivity index (χ2n) is 6.10. The molecule has 2 N–H and O–H groups in total. The minimum absolute atomic E-state index is 0.330. The lowest BCUT2D eigenvalue weighted by molar-refractivity contribution is -0.192. The van der Waals surface area contributed by atoms with Gasteiger partial charge >= 0.3 is 12.1 Å². The van der Waals surface area contributed by atoms with Crippen molar-refractivity contribution in [3.05, 3.63) is 47.0 Å². The summed E-state index contributed by atoms with van der Waals surface area (Å²) in [6, 6.07) is 6.42. The Hall–Kier alpha value is -2.13. The first-order chi connectivity index (χ1) is 12.2. The third-order valence-corrected chi connectivity index (χ3v) is 4.74. The van der Waals surface area contributed by atoms with E-state index in [9.17, 15) is 17.6 Å². The van der Waals surface area contributed by atoms with Crippen molar-refractivity contribution in [3.63, 3.8) is 0 Å². The van der Waals surface area contributed by atoms with Crippen LogP contribution in [0.5, 0.6) is 0 Å². The van der Waals surface area contributed by atoms with Gasteiger partial charge in [-0.15, -0.1) is 0 Å². The summed E-state index contributed by atoms with van der Waals surface area (Å²) in [5.74, 6) is -1.02. The van der Waals surface area contributed by atoms with E-state index in [-0.39, 0.29) is 5.82 Å². The summed E-state index contributed by atoms with van der Waals surface area (Å²) in [6.45, 7) is 2.19. The number of carboxylic acids is 1. The number of nitrogens with zero attached hydrogens (tertiary/aromatic N) is 2. The number of piperidine rings is 1. The monoisotopic (exact) mass is 391 g/mol. The highest BCUT2D eigenvalue weighted by molar-refractivity contribution is 6.32. The largest absolute Gasteiger partial charge is 0.490 e. The Morgan fingerprint density at radius 2 is 1.88 bits per heavy atom. The fourth-order valence-corrected chi connectivity index (χ4v) is 3.43. The van der Waals surface area contributed by atoms with Gasteiger partial charge in [-0.25, -0.2) is 13.9 Å². The molecule has 1 aromatic carbocycles. The molecule has 1 aliphatic carbocycles. The molecule has 10 heteroatoms. The molecule has 2 fully saturated rings. The first-order valence-corrected chi connectivity index (χ1v) is 8.08. The topological polar surface area (TPSA) is 67.2 Å². The molecule has 2 aliphatic rings. The Kier molecular flexibility index (Phi) is 4.94. The van der Waals surface area contributed by atoms with Gasteiger partial charge in [0.15, 0.2) is 0 Å². The molecule has 0 unspecified atom stereocenters. The van der Waals surface area contributed by atoms with Gasteiger partial charge in [-0.05, 0) is 49.2 Å². The average Bonchev–Trinajstić information content (AvgIpc) is 2.94. The summed E-state index contributed by atoms with van der Waals surface area (Å²) in [5, 5.41) is 15.5. The van der Waals surface area contributed by atoms with E-state index in [1.165, 1.54) is 12.1 Å². The van der Waals surface area contributed by atoms with Gasteiger partial charge in [0.05, 0.1) is 16.4 Å². The van der Waals surface area contributed by atoms with Crippen LogP contribution in [-0.4, -0.2) is 40.1 Å². The fourth-order valence-electron chi connectivity index (χ4n) is 3.17. The van der Waals surface area contributed by atoms with E-state index in [0.29, 0.717) is 10.9 Å². The first kappa shape index (κ1) is 18.7. The molecule has 0 bridgehead atoms. The van der Waals surface area contributed by atoms with E-state index in [0.717, 1.165) is 36.3 Å². The standard InChI is InChI=1S/C14H13ClFN3.C2HF3O2/c15-11-5-8(16)1-2-13(11)19-4-3-12(18-19)14-9-6-17-7-10(9)14;3-2(4,5)1(6)7/h1-5,9-10,14,17H,6-7H2;(H,6,7)/t9-,10+,14+;. The smallest absolute Gasteiger partial charge is 0.475 e. The molecule has 26 heavy (non-hydrogen) atoms. The van der Waals surface area contributed by atoms with Crippen LogP contribution in [0.2, 0.25) is 5.02 Å². The predicted molar refractivity (Wildman–Crippen MR) is 84.8 cm³/mol. The van der Waals surface area contributed by atoms with Gasteiger partial charge in [0.1, 0.15) is 5.82 Å². The van der Waals surface area contributed by atoms with Crippen LogP contribution in [-0.2, 0) is 4.79 Å². The maximum atomic E-state index is 13.0. The zero-order chi connectivity index (χ0) is 19.1. The zero-order valence-corrected chi connectivity index (χ0v) is 13.9. The fraction of sp³-hybridized carbons (Fsp3) is 0.375. The quantitative estimate of drug-likeness (QED) is 0.771. The summed E-state index contributed by atoms with van der Waals surface area (Å²) in [7, 11) is 0. The summed E-state index contributed by atoms with van der Waals surface area (Å²) in [6.07, 6.45) is -3.18. The Balaban J connectivity index is 0.000000242. The van der Waals surface area contributed by atoms with Gasteiger partial charge in [0.25, 0.3) is 0 Å². The minimum Gasteiger partial charge on any atom is -0.475 e. The second-order valence-corrected chi connectivity index (χ2v) is 6.50. The SMILES string of the molecule is Fc1ccc(-n2ccc([C@H]3[C@@H]4CNC[C@@H]43)n2)c(Cl)c1.O=C(O)C(F)(F)F. The van der Waals surface area contributed by atoms with Crippen molar-refractivity contribution in [2.45, 2.75) is 12.1 Å². The highest BCUT2D eigenvalue weighted by Crippen LogP contribution is 2.55. The van der Waals surface area contributed by atoms with E-state index in [1.807, 2.05) is 12.3 Å². The second kappa shape index (κ2) is 6.88. The molecular formula is C16H14ClF4N3O2. The number of halogens is 5. The average molecular weight is 392 g/mol. The maximum Gasteiger partial charge on any atom is 0.490 e. The lowest BCUT2D eigenvalue weighted by Gasteiger charge is -2.04. The van der Waals surface area contributed by atoms with Gasteiger partial charge in [-0.2, -0.15) is 18.3 Å². The predicted octanol–water partition coefficient (Wildman–Crippen LogP) is 3.23. The van der Waals surface area contributed by atoms with Crippen molar-refractivity contribution in [2.24, 2.45) is 11.8 Å². The molecule has 0 amide bonds. The number of hydrogen-bond acceptors (Lipinski definition) is 3. The third-order valence-electron chi connectivity index (χ3n) is 4.44. The van der Waals surface area contributed by atoms with Crippen molar-refractivity contribution in [1.82, 2.24) is 15.1 Å². The van der Waals surface area contributed by atoms with E-state index in [1.54, 1.807) is 10.7 Å². The molecule has 1 saturated carbocycles. The van der Waals surface area contributed by atoms with Crippen LogP contribution in [0.15, 0.2) is 30.5 Å². The van der Waals surface area contributed by atoms with Crippen molar-refractivity contribution in [3.8, 4) is 5.69 Å². The number of carbonyl (C=O) groups is 1. The molecule has 3 atom stereocenters. The molecular weight excluding hydrogens is 378 g/mol. The summed E-state index contributed by atoms with van der Waals surface area (Å²) >= 11 is 6.05. The van der Waals surface area contributed by atoms with Crippen molar-refractivity contribution >= 4 is 17.6 Å². The molecule has 1 saturated heterocycles. The van der Waals surface area contributed by atoms with Crippen LogP contribution in [0.1, 0.15) is 11.6 Å². The number of alkyl halides is 3. The Bertz CT molecular complexity index is 814. The van der Waals surface area contributed by atoms with Gasteiger partial charge in [-0.3, -0.25) is 0 Å². The van der Waals surface area contributed by atoms with E-state index < -0.39 is 12.1 Å². The Morgan fingerprint density at radius 3 is 2.42 bits per heavy atom. The van der Waals surface area contributed by atoms with Gasteiger partial charge < -0.3 is 10.4 Å². The van der Waals surface area contributed by atoms with Crippen molar-refractivity contribution < 1.29 is 27.5 Å². The summed E-state index contributed by atoms with van der Waals surface area (Å²) < 4.78 is 46.5. The van der Waals surface area contributed by atoms with Crippen LogP contribution in [0.4, 0.5) is 17.6 Å². The number of aliphatic carboxylic acids is 1. The highest BCUT2D eigenvalue weighted by Gasteiger charge is 2.54. The van der Waals surface area contributed by atoms with Crippen LogP contribution < -0.4 is 5.32 Å². The van der Waals surface area contributed by atoms with Gasteiger partial charge in [-0.1, -0.05) is 11.6 Å². The number of aromatic nitrogens is 2. The number of fused-ring (bicyclic) bond motifs is 1. The third kappa shape index (κ3) is 3.83. The number of rotatable bonds is 2. The van der Waals surface area contributed by atoms with Crippen LogP contribution in [0.3, 0.4) is 0 Å². The normalized spacial score (nSPS) is 23.8. The Morgan fingerprint density at radius 1 is 1.27 bits per heavy atom. The van der Waals surface area contributed by atoms with Gasteiger partial charge in [0, 0.05) is 12.1 Å². The van der Waals surface area contributed by atoms with Crippen molar-refractivity contribution in [1.29, 1.82) is 0 Å². The molecule has 5 nitrogen and oxygen atoms in total. The number of hydrogen-bond donors (Lipinski definition) is 2. The van der Waals surface area contributed by atoms with Crippen LogP contribution >= 0.6 is 11.6 Å². The molecule has 140 valence electrons. The lowest BCUT2D eigenvalue weighted by Crippen LogP contribution is -2.21. The van der Waals surface area contributed by atoms with Crippen LogP contribution in [0.25, 0.3) is 5.69 Å². The van der Waals surface area contributed by atoms with Crippen LogP contribution in [0, 0.1) is 17.7 Å². The van der Waals surface area contributed by atoms with Crippen molar-refractivity contribution in [2.75, 3.05) is 13.1 Å². The van der Waals surface area contributed by atoms with E-state index in [2.05, 4.69) is 10.4 Å². The summed E-state index contributed by atoms with van der Waals surface area (Å²) in [4.78, 5) is 8.90. The molecule has 0 radical (unpaired) electrons.